The summed E-state index contributed by atoms with van der Waals surface area (Å²) in [7, 11) is 0. The second-order valence-corrected chi connectivity index (χ2v) is 12.6. The number of rotatable bonds is 4. The van der Waals surface area contributed by atoms with Crippen LogP contribution in [0.2, 0.25) is 0 Å². The van der Waals surface area contributed by atoms with E-state index in [0.717, 1.165) is 6.42 Å². The summed E-state index contributed by atoms with van der Waals surface area (Å²) in [6.07, 6.45) is 1.05. The van der Waals surface area contributed by atoms with Gasteiger partial charge in [-0.1, -0.05) is 147 Å². The Morgan fingerprint density at radius 2 is 1.16 bits per heavy atom. The van der Waals surface area contributed by atoms with Crippen LogP contribution in [-0.4, -0.2) is 0 Å². The van der Waals surface area contributed by atoms with Gasteiger partial charge in [0.1, 0.15) is 0 Å². The second-order valence-electron chi connectivity index (χ2n) is 12.6. The van der Waals surface area contributed by atoms with Crippen LogP contribution in [0.4, 0.5) is 0 Å². The molecule has 1 heterocycles. The molecule has 0 aromatic heterocycles. The molecule has 0 amide bonds. The van der Waals surface area contributed by atoms with Gasteiger partial charge in [-0.05, 0) is 73.3 Å². The molecule has 2 aliphatic rings. The average Bonchev–Trinajstić information content (AvgIpc) is 3.32. The first-order chi connectivity index (χ1) is 21.1. The number of benzene rings is 6. The highest BCUT2D eigenvalue weighted by molar-refractivity contribution is 6.04. The molecular formula is C41H36N2. The van der Waals surface area contributed by atoms with Gasteiger partial charge < -0.3 is 0 Å². The van der Waals surface area contributed by atoms with E-state index in [0.29, 0.717) is 0 Å². The minimum Gasteiger partial charge on any atom is -0.291 e. The van der Waals surface area contributed by atoms with Crippen LogP contribution in [0, 0.1) is 0 Å². The van der Waals surface area contributed by atoms with Crippen molar-refractivity contribution in [2.75, 3.05) is 0 Å². The standard InChI is InChI=1S/C41H36N2/c1-41(2)35-25-31(37-26-36(28-16-8-4-9-17-28)42-40(43-37)29-18-10-5-11-19-29)22-23-33(35)38-34(27-14-6-3-7-15-27)24-30-20-12-13-21-32(30)39(38)41/h3-25,36-37,40,42-43H,26H2,1-2H3. The van der Waals surface area contributed by atoms with E-state index in [1.165, 1.54) is 60.8 Å². The molecule has 2 nitrogen and oxygen atoms in total. The molecule has 3 unspecified atom stereocenters. The van der Waals surface area contributed by atoms with E-state index in [1.54, 1.807) is 0 Å². The van der Waals surface area contributed by atoms with Gasteiger partial charge in [-0.15, -0.1) is 0 Å². The van der Waals surface area contributed by atoms with Crippen LogP contribution < -0.4 is 10.6 Å². The van der Waals surface area contributed by atoms with Crippen LogP contribution in [0.25, 0.3) is 33.0 Å². The molecule has 0 saturated carbocycles. The lowest BCUT2D eigenvalue weighted by Crippen LogP contribution is -2.45. The quantitative estimate of drug-likeness (QED) is 0.226. The fourth-order valence-electron chi connectivity index (χ4n) is 7.58. The van der Waals surface area contributed by atoms with Crippen molar-refractivity contribution < 1.29 is 0 Å². The Morgan fingerprint density at radius 3 is 1.88 bits per heavy atom. The molecule has 0 radical (unpaired) electrons. The third-order valence-corrected chi connectivity index (χ3v) is 9.69. The van der Waals surface area contributed by atoms with Crippen LogP contribution >= 0.6 is 0 Å². The minimum absolute atomic E-state index is 0.0669. The predicted molar refractivity (Wildman–Crippen MR) is 179 cm³/mol. The van der Waals surface area contributed by atoms with Crippen molar-refractivity contribution in [1.82, 2.24) is 10.6 Å². The minimum atomic E-state index is -0.129. The Hall–Kier alpha value is -4.50. The van der Waals surface area contributed by atoms with Gasteiger partial charge in [-0.2, -0.15) is 0 Å². The fraction of sp³-hybridized carbons (Fsp3) is 0.171. The molecule has 2 heteroatoms. The first-order valence-corrected chi connectivity index (χ1v) is 15.5. The van der Waals surface area contributed by atoms with Crippen LogP contribution in [0.5, 0.6) is 0 Å². The summed E-state index contributed by atoms with van der Waals surface area (Å²) in [5.74, 6) is 0. The predicted octanol–water partition coefficient (Wildman–Crippen LogP) is 9.88. The molecule has 6 aromatic carbocycles. The van der Waals surface area contributed by atoms with E-state index in [2.05, 4.69) is 164 Å². The zero-order valence-corrected chi connectivity index (χ0v) is 24.7. The van der Waals surface area contributed by atoms with E-state index >= 15 is 0 Å². The van der Waals surface area contributed by atoms with Crippen LogP contribution in [0.15, 0.2) is 140 Å². The molecule has 1 saturated heterocycles. The van der Waals surface area contributed by atoms with Gasteiger partial charge in [0.15, 0.2) is 0 Å². The lowest BCUT2D eigenvalue weighted by atomic mass is 9.78. The van der Waals surface area contributed by atoms with Crippen molar-refractivity contribution in [2.45, 2.75) is 43.9 Å². The highest BCUT2D eigenvalue weighted by atomic mass is 15.2. The lowest BCUT2D eigenvalue weighted by Gasteiger charge is -2.39. The number of fused-ring (bicyclic) bond motifs is 5. The number of hydrogen-bond donors (Lipinski definition) is 2. The average molecular weight is 557 g/mol. The maximum absolute atomic E-state index is 3.98. The van der Waals surface area contributed by atoms with Gasteiger partial charge in [0, 0.05) is 17.5 Å². The Bertz CT molecular complexity index is 1880. The second kappa shape index (κ2) is 10.3. The molecule has 0 spiro atoms. The molecule has 3 atom stereocenters. The Labute approximate surface area is 254 Å². The molecule has 1 fully saturated rings. The first kappa shape index (κ1) is 26.2. The van der Waals surface area contributed by atoms with Gasteiger partial charge in [0.05, 0.1) is 6.17 Å². The first-order valence-electron chi connectivity index (χ1n) is 15.5. The number of hydrogen-bond acceptors (Lipinski definition) is 2. The largest absolute Gasteiger partial charge is 0.291 e. The van der Waals surface area contributed by atoms with E-state index in [1.807, 2.05) is 0 Å². The molecule has 1 aliphatic heterocycles. The molecule has 43 heavy (non-hydrogen) atoms. The SMILES string of the molecule is CC1(C)c2cc(C3CC(c4ccccc4)NC(c4ccccc4)N3)ccc2-c2c(-c3ccccc3)cc3ccccc3c21. The molecule has 6 aromatic rings. The van der Waals surface area contributed by atoms with Gasteiger partial charge in [-0.25, -0.2) is 0 Å². The molecule has 1 aliphatic carbocycles. The summed E-state index contributed by atoms with van der Waals surface area (Å²) in [5.41, 5.74) is 12.0. The highest BCUT2D eigenvalue weighted by Crippen LogP contribution is 2.55. The molecule has 8 rings (SSSR count). The van der Waals surface area contributed by atoms with Crippen LogP contribution in [0.3, 0.4) is 0 Å². The third kappa shape index (κ3) is 4.41. The summed E-state index contributed by atoms with van der Waals surface area (Å²) in [6, 6.07) is 51.6. The molecule has 2 N–H and O–H groups in total. The monoisotopic (exact) mass is 556 g/mol. The summed E-state index contributed by atoms with van der Waals surface area (Å²) >= 11 is 0. The van der Waals surface area contributed by atoms with Crippen molar-refractivity contribution in [2.24, 2.45) is 0 Å². The summed E-state index contributed by atoms with van der Waals surface area (Å²) in [4.78, 5) is 0. The summed E-state index contributed by atoms with van der Waals surface area (Å²) in [6.45, 7) is 4.83. The van der Waals surface area contributed by atoms with E-state index in [9.17, 15) is 0 Å². The normalized spacial score (nSPS) is 20.5. The maximum Gasteiger partial charge on any atom is 0.0845 e. The third-order valence-electron chi connectivity index (χ3n) is 9.69. The fourth-order valence-corrected chi connectivity index (χ4v) is 7.58. The van der Waals surface area contributed by atoms with E-state index < -0.39 is 0 Å². The zero-order valence-electron chi connectivity index (χ0n) is 24.7. The van der Waals surface area contributed by atoms with Crippen molar-refractivity contribution in [3.63, 3.8) is 0 Å². The van der Waals surface area contributed by atoms with Gasteiger partial charge in [0.2, 0.25) is 0 Å². The molecule has 210 valence electrons. The van der Waals surface area contributed by atoms with Crippen molar-refractivity contribution in [3.8, 4) is 22.3 Å². The molecular weight excluding hydrogens is 520 g/mol. The smallest absolute Gasteiger partial charge is 0.0845 e. The molecule has 0 bridgehead atoms. The summed E-state index contributed by atoms with van der Waals surface area (Å²) < 4.78 is 0. The van der Waals surface area contributed by atoms with Gasteiger partial charge in [-0.3, -0.25) is 10.6 Å². The van der Waals surface area contributed by atoms with Crippen molar-refractivity contribution in [3.05, 3.63) is 167 Å². The van der Waals surface area contributed by atoms with Gasteiger partial charge >= 0.3 is 0 Å². The van der Waals surface area contributed by atoms with Crippen molar-refractivity contribution >= 4 is 10.8 Å². The van der Waals surface area contributed by atoms with Crippen molar-refractivity contribution in [1.29, 1.82) is 0 Å². The highest BCUT2D eigenvalue weighted by Gasteiger charge is 2.40. The maximum atomic E-state index is 3.98. The number of nitrogens with one attached hydrogen (secondary N) is 2. The van der Waals surface area contributed by atoms with Gasteiger partial charge in [0.25, 0.3) is 0 Å². The lowest BCUT2D eigenvalue weighted by molar-refractivity contribution is 0.247. The Balaban J connectivity index is 1.26. The van der Waals surface area contributed by atoms with Crippen LogP contribution in [0.1, 0.15) is 66.3 Å². The van der Waals surface area contributed by atoms with Crippen LogP contribution in [-0.2, 0) is 5.41 Å². The Kier molecular flexibility index (Phi) is 6.29. The topological polar surface area (TPSA) is 24.1 Å². The van der Waals surface area contributed by atoms with E-state index in [4.69, 9.17) is 0 Å². The summed E-state index contributed by atoms with van der Waals surface area (Å²) in [5, 5.41) is 10.5. The van der Waals surface area contributed by atoms with E-state index in [-0.39, 0.29) is 23.7 Å². The Morgan fingerprint density at radius 1 is 0.558 bits per heavy atom. The zero-order chi connectivity index (χ0) is 29.0.